The first-order chi connectivity index (χ1) is 11.5. The zero-order valence-corrected chi connectivity index (χ0v) is 14.6. The second kappa shape index (κ2) is 6.83. The SMILES string of the molecule is CC(C)NC(=O)C1(C(=O)Nc2ccc(N3CCCCC3)cc2)CC1. The Balaban J connectivity index is 1.61. The minimum atomic E-state index is -0.865. The van der Waals surface area contributed by atoms with Gasteiger partial charge in [-0.15, -0.1) is 0 Å². The maximum Gasteiger partial charge on any atom is 0.240 e. The van der Waals surface area contributed by atoms with Gasteiger partial charge in [0.2, 0.25) is 11.8 Å². The third kappa shape index (κ3) is 3.55. The molecule has 0 atom stereocenters. The number of nitrogens with one attached hydrogen (secondary N) is 2. The molecule has 0 bridgehead atoms. The first-order valence-corrected chi connectivity index (χ1v) is 8.99. The molecule has 5 heteroatoms. The molecule has 1 aromatic carbocycles. The van der Waals surface area contributed by atoms with Crippen LogP contribution in [0.5, 0.6) is 0 Å². The zero-order chi connectivity index (χ0) is 17.2. The molecule has 2 aliphatic rings. The van der Waals surface area contributed by atoms with E-state index < -0.39 is 5.41 Å². The molecule has 2 amide bonds. The molecule has 1 heterocycles. The van der Waals surface area contributed by atoms with Crippen LogP contribution < -0.4 is 15.5 Å². The van der Waals surface area contributed by atoms with Crippen molar-refractivity contribution < 1.29 is 9.59 Å². The van der Waals surface area contributed by atoms with Crippen molar-refractivity contribution in [1.82, 2.24) is 5.32 Å². The molecule has 1 saturated heterocycles. The van der Waals surface area contributed by atoms with Crippen LogP contribution in [0, 0.1) is 5.41 Å². The molecule has 130 valence electrons. The summed E-state index contributed by atoms with van der Waals surface area (Å²) in [7, 11) is 0. The van der Waals surface area contributed by atoms with E-state index in [1.54, 1.807) is 0 Å². The van der Waals surface area contributed by atoms with E-state index in [4.69, 9.17) is 0 Å². The molecule has 24 heavy (non-hydrogen) atoms. The van der Waals surface area contributed by atoms with Crippen LogP contribution >= 0.6 is 0 Å². The molecular formula is C19H27N3O2. The van der Waals surface area contributed by atoms with Gasteiger partial charge in [0.15, 0.2) is 0 Å². The van der Waals surface area contributed by atoms with Crippen molar-refractivity contribution in [2.45, 2.75) is 52.0 Å². The van der Waals surface area contributed by atoms with Crippen molar-refractivity contribution in [3.63, 3.8) is 0 Å². The normalized spacial score (nSPS) is 19.0. The summed E-state index contributed by atoms with van der Waals surface area (Å²) in [5, 5.41) is 5.77. The largest absolute Gasteiger partial charge is 0.372 e. The van der Waals surface area contributed by atoms with Gasteiger partial charge in [-0.2, -0.15) is 0 Å². The van der Waals surface area contributed by atoms with E-state index in [0.717, 1.165) is 18.8 Å². The molecule has 3 rings (SSSR count). The summed E-state index contributed by atoms with van der Waals surface area (Å²) in [6.07, 6.45) is 5.05. The summed E-state index contributed by atoms with van der Waals surface area (Å²) < 4.78 is 0. The van der Waals surface area contributed by atoms with Crippen molar-refractivity contribution >= 4 is 23.2 Å². The average molecular weight is 329 g/mol. The number of hydrogen-bond acceptors (Lipinski definition) is 3. The van der Waals surface area contributed by atoms with E-state index in [-0.39, 0.29) is 17.9 Å². The van der Waals surface area contributed by atoms with Gasteiger partial charge in [0.25, 0.3) is 0 Å². The molecule has 0 aromatic heterocycles. The number of carbonyl (C=O) groups excluding carboxylic acids is 2. The fourth-order valence-electron chi connectivity index (χ4n) is 3.24. The van der Waals surface area contributed by atoms with E-state index in [1.807, 2.05) is 26.0 Å². The zero-order valence-electron chi connectivity index (χ0n) is 14.6. The predicted molar refractivity (Wildman–Crippen MR) is 96.1 cm³/mol. The van der Waals surface area contributed by atoms with Gasteiger partial charge in [0, 0.05) is 30.5 Å². The van der Waals surface area contributed by atoms with Crippen LogP contribution in [0.3, 0.4) is 0 Å². The molecule has 0 spiro atoms. The van der Waals surface area contributed by atoms with Crippen LogP contribution in [0.25, 0.3) is 0 Å². The van der Waals surface area contributed by atoms with Gasteiger partial charge in [0.1, 0.15) is 5.41 Å². The lowest BCUT2D eigenvalue weighted by Crippen LogP contribution is -2.42. The van der Waals surface area contributed by atoms with E-state index in [1.165, 1.54) is 24.9 Å². The van der Waals surface area contributed by atoms with Crippen LogP contribution in [0.15, 0.2) is 24.3 Å². The highest BCUT2D eigenvalue weighted by Crippen LogP contribution is 2.47. The van der Waals surface area contributed by atoms with Crippen molar-refractivity contribution in [3.05, 3.63) is 24.3 Å². The molecule has 1 aromatic rings. The summed E-state index contributed by atoms with van der Waals surface area (Å²) >= 11 is 0. The van der Waals surface area contributed by atoms with Crippen molar-refractivity contribution in [2.75, 3.05) is 23.3 Å². The maximum atomic E-state index is 12.5. The highest BCUT2D eigenvalue weighted by Gasteiger charge is 2.56. The standard InChI is InChI=1S/C19H27N3O2/c1-14(2)20-17(23)19(10-11-19)18(24)21-15-6-8-16(9-7-15)22-12-4-3-5-13-22/h6-9,14H,3-5,10-13H2,1-2H3,(H,20,23)(H,21,24). The average Bonchev–Trinajstić information content (AvgIpc) is 3.38. The number of nitrogens with zero attached hydrogens (tertiary/aromatic N) is 1. The molecule has 2 fully saturated rings. The lowest BCUT2D eigenvalue weighted by Gasteiger charge is -2.29. The Kier molecular flexibility index (Phi) is 4.78. The van der Waals surface area contributed by atoms with Gasteiger partial charge >= 0.3 is 0 Å². The monoisotopic (exact) mass is 329 g/mol. The predicted octanol–water partition coefficient (Wildman–Crippen LogP) is 2.92. The van der Waals surface area contributed by atoms with Gasteiger partial charge in [0.05, 0.1) is 0 Å². The molecule has 0 unspecified atom stereocenters. The molecule has 1 aliphatic heterocycles. The number of benzene rings is 1. The summed E-state index contributed by atoms with van der Waals surface area (Å²) in [6.45, 7) is 6.02. The lowest BCUT2D eigenvalue weighted by molar-refractivity contribution is -0.134. The van der Waals surface area contributed by atoms with Crippen LogP contribution in [-0.4, -0.2) is 30.9 Å². The van der Waals surface area contributed by atoms with Gasteiger partial charge in [-0.05, 0) is 70.2 Å². The summed E-state index contributed by atoms with van der Waals surface area (Å²) in [6, 6.07) is 8.01. The van der Waals surface area contributed by atoms with E-state index in [0.29, 0.717) is 12.8 Å². The third-order valence-electron chi connectivity index (χ3n) is 4.89. The van der Waals surface area contributed by atoms with Crippen LogP contribution in [0.2, 0.25) is 0 Å². The number of amides is 2. The van der Waals surface area contributed by atoms with Crippen LogP contribution in [0.1, 0.15) is 46.0 Å². The number of anilines is 2. The fraction of sp³-hybridized carbons (Fsp3) is 0.579. The quantitative estimate of drug-likeness (QED) is 0.817. The van der Waals surface area contributed by atoms with Crippen LogP contribution in [0.4, 0.5) is 11.4 Å². The minimum absolute atomic E-state index is 0.0478. The molecular weight excluding hydrogens is 302 g/mol. The lowest BCUT2D eigenvalue weighted by atomic mass is 10.0. The number of hydrogen-bond donors (Lipinski definition) is 2. The van der Waals surface area contributed by atoms with Gasteiger partial charge in [-0.3, -0.25) is 9.59 Å². The topological polar surface area (TPSA) is 61.4 Å². The van der Waals surface area contributed by atoms with Crippen molar-refractivity contribution in [2.24, 2.45) is 5.41 Å². The summed E-state index contributed by atoms with van der Waals surface area (Å²) in [4.78, 5) is 27.2. The molecule has 1 saturated carbocycles. The van der Waals surface area contributed by atoms with Gasteiger partial charge in [-0.1, -0.05) is 0 Å². The molecule has 1 aliphatic carbocycles. The Hall–Kier alpha value is -2.04. The number of carbonyl (C=O) groups is 2. The smallest absolute Gasteiger partial charge is 0.240 e. The summed E-state index contributed by atoms with van der Waals surface area (Å²) in [5.41, 5.74) is 1.09. The Morgan fingerprint density at radius 1 is 1.00 bits per heavy atom. The van der Waals surface area contributed by atoms with Gasteiger partial charge < -0.3 is 15.5 Å². The first kappa shape index (κ1) is 16.8. The summed E-state index contributed by atoms with van der Waals surface area (Å²) in [5.74, 6) is -0.341. The second-order valence-electron chi connectivity index (χ2n) is 7.26. The fourth-order valence-corrected chi connectivity index (χ4v) is 3.24. The highest BCUT2D eigenvalue weighted by molar-refractivity contribution is 6.13. The Morgan fingerprint density at radius 3 is 2.17 bits per heavy atom. The molecule has 2 N–H and O–H groups in total. The molecule has 5 nitrogen and oxygen atoms in total. The van der Waals surface area contributed by atoms with Crippen molar-refractivity contribution in [3.8, 4) is 0 Å². The molecule has 0 radical (unpaired) electrons. The second-order valence-corrected chi connectivity index (χ2v) is 7.26. The Bertz CT molecular complexity index is 600. The number of piperidine rings is 1. The first-order valence-electron chi connectivity index (χ1n) is 8.99. The maximum absolute atomic E-state index is 12.5. The Morgan fingerprint density at radius 2 is 1.62 bits per heavy atom. The highest BCUT2D eigenvalue weighted by atomic mass is 16.2. The van der Waals surface area contributed by atoms with E-state index >= 15 is 0 Å². The third-order valence-corrected chi connectivity index (χ3v) is 4.89. The van der Waals surface area contributed by atoms with Gasteiger partial charge in [-0.25, -0.2) is 0 Å². The van der Waals surface area contributed by atoms with Crippen molar-refractivity contribution in [1.29, 1.82) is 0 Å². The van der Waals surface area contributed by atoms with E-state index in [2.05, 4.69) is 27.7 Å². The Labute approximate surface area is 143 Å². The van der Waals surface area contributed by atoms with E-state index in [9.17, 15) is 9.59 Å². The minimum Gasteiger partial charge on any atom is -0.372 e. The number of rotatable bonds is 5. The van der Waals surface area contributed by atoms with Crippen LogP contribution in [-0.2, 0) is 9.59 Å².